The van der Waals surface area contributed by atoms with E-state index in [9.17, 15) is 4.79 Å². The normalized spacial score (nSPS) is 10.9. The van der Waals surface area contributed by atoms with Crippen LogP contribution in [0.4, 0.5) is 5.69 Å². The van der Waals surface area contributed by atoms with Crippen LogP contribution < -0.4 is 20.1 Å². The van der Waals surface area contributed by atoms with Crippen LogP contribution in [-0.4, -0.2) is 30.2 Å². The van der Waals surface area contributed by atoms with Gasteiger partial charge in [0.2, 0.25) is 5.89 Å². The molecule has 0 fully saturated rings. The molecule has 1 aromatic heterocycles. The Balaban J connectivity index is 1.47. The van der Waals surface area contributed by atoms with Crippen molar-refractivity contribution in [2.75, 3.05) is 19.5 Å². The lowest BCUT2D eigenvalue weighted by Gasteiger charge is -2.12. The first kappa shape index (κ1) is 23.3. The molecule has 0 bridgehead atoms. The fourth-order valence-corrected chi connectivity index (χ4v) is 3.68. The monoisotopic (exact) mass is 475 g/mol. The van der Waals surface area contributed by atoms with E-state index in [-0.39, 0.29) is 11.0 Å². The highest BCUT2D eigenvalue weighted by Crippen LogP contribution is 2.29. The van der Waals surface area contributed by atoms with E-state index in [2.05, 4.69) is 35.5 Å². The van der Waals surface area contributed by atoms with Gasteiger partial charge in [-0.3, -0.25) is 10.1 Å². The Kier molecular flexibility index (Phi) is 6.79. The van der Waals surface area contributed by atoms with Gasteiger partial charge in [0.1, 0.15) is 5.52 Å². The standard InChI is InChI=1S/C26H25N3O4S/c1-15(2)16-8-10-21-20(13-16)28-25(33-21)18-6-5-7-19(12-18)27-26(34)29-24(30)17-9-11-22(31-3)23(14-17)32-4/h5-15H,1-4H3,(H2,27,29,30,34). The molecule has 0 aliphatic heterocycles. The molecule has 7 nitrogen and oxygen atoms in total. The number of hydrogen-bond donors (Lipinski definition) is 2. The predicted molar refractivity (Wildman–Crippen MR) is 137 cm³/mol. The first-order valence-corrected chi connectivity index (χ1v) is 11.1. The molecular weight excluding hydrogens is 450 g/mol. The third-order valence-electron chi connectivity index (χ3n) is 5.32. The Hall–Kier alpha value is -3.91. The number of nitrogens with zero attached hydrogens (tertiary/aromatic N) is 1. The summed E-state index contributed by atoms with van der Waals surface area (Å²) in [5.41, 5.74) is 4.63. The highest BCUT2D eigenvalue weighted by atomic mass is 32.1. The summed E-state index contributed by atoms with van der Waals surface area (Å²) in [5, 5.41) is 5.88. The molecule has 1 amide bonds. The largest absolute Gasteiger partial charge is 0.493 e. The second kappa shape index (κ2) is 9.93. The predicted octanol–water partition coefficient (Wildman–Crippen LogP) is 5.76. The molecule has 0 spiro atoms. The van der Waals surface area contributed by atoms with Crippen molar-refractivity contribution in [3.8, 4) is 23.0 Å². The first-order chi connectivity index (χ1) is 16.4. The molecule has 2 N–H and O–H groups in total. The minimum Gasteiger partial charge on any atom is -0.493 e. The highest BCUT2D eigenvalue weighted by molar-refractivity contribution is 7.80. The maximum absolute atomic E-state index is 12.6. The molecule has 1 heterocycles. The summed E-state index contributed by atoms with van der Waals surface area (Å²) in [6.45, 7) is 4.29. The molecular formula is C26H25N3O4S. The molecule has 0 aliphatic rings. The van der Waals surface area contributed by atoms with E-state index in [4.69, 9.17) is 26.1 Å². The topological polar surface area (TPSA) is 85.6 Å². The van der Waals surface area contributed by atoms with Gasteiger partial charge in [0.25, 0.3) is 5.91 Å². The number of carbonyl (C=O) groups is 1. The summed E-state index contributed by atoms with van der Waals surface area (Å²) in [5.74, 6) is 1.55. The molecule has 34 heavy (non-hydrogen) atoms. The van der Waals surface area contributed by atoms with Crippen LogP contribution in [0.5, 0.6) is 11.5 Å². The van der Waals surface area contributed by atoms with Gasteiger partial charge in [0, 0.05) is 16.8 Å². The molecule has 8 heteroatoms. The zero-order valence-corrected chi connectivity index (χ0v) is 20.2. The number of thiocarbonyl (C=S) groups is 1. The minimum atomic E-state index is -0.366. The van der Waals surface area contributed by atoms with Gasteiger partial charge in [0.15, 0.2) is 22.2 Å². The summed E-state index contributed by atoms with van der Waals surface area (Å²) in [4.78, 5) is 17.3. The van der Waals surface area contributed by atoms with Crippen LogP contribution in [0.1, 0.15) is 35.7 Å². The van der Waals surface area contributed by atoms with Crippen LogP contribution in [0.3, 0.4) is 0 Å². The average molecular weight is 476 g/mol. The molecule has 174 valence electrons. The fourth-order valence-electron chi connectivity index (χ4n) is 3.47. The van der Waals surface area contributed by atoms with Crippen molar-refractivity contribution in [2.45, 2.75) is 19.8 Å². The van der Waals surface area contributed by atoms with E-state index in [0.29, 0.717) is 34.6 Å². The maximum Gasteiger partial charge on any atom is 0.257 e. The number of ether oxygens (including phenoxy) is 2. The molecule has 0 radical (unpaired) electrons. The van der Waals surface area contributed by atoms with E-state index in [1.54, 1.807) is 18.2 Å². The van der Waals surface area contributed by atoms with Gasteiger partial charge in [-0.2, -0.15) is 0 Å². The Labute approximate surface area is 203 Å². The van der Waals surface area contributed by atoms with Crippen LogP contribution in [0.2, 0.25) is 0 Å². The van der Waals surface area contributed by atoms with E-state index in [1.807, 2.05) is 36.4 Å². The second-order valence-electron chi connectivity index (χ2n) is 7.96. The number of fused-ring (bicyclic) bond motifs is 1. The number of carbonyl (C=O) groups excluding carboxylic acids is 1. The number of rotatable bonds is 6. The SMILES string of the molecule is COc1ccc(C(=O)NC(=S)Nc2cccc(-c3nc4cc(C(C)C)ccc4o3)c2)cc1OC. The number of benzene rings is 3. The summed E-state index contributed by atoms with van der Waals surface area (Å²) >= 11 is 5.34. The van der Waals surface area contributed by atoms with Crippen LogP contribution in [0.15, 0.2) is 65.1 Å². The van der Waals surface area contributed by atoms with Gasteiger partial charge in [-0.1, -0.05) is 26.0 Å². The zero-order valence-electron chi connectivity index (χ0n) is 19.3. The Bertz CT molecular complexity index is 1360. The molecule has 0 saturated carbocycles. The zero-order chi connectivity index (χ0) is 24.2. The average Bonchev–Trinajstić information content (AvgIpc) is 3.27. The van der Waals surface area contributed by atoms with Gasteiger partial charge in [-0.05, 0) is 72.2 Å². The number of amides is 1. The Morgan fingerprint density at radius 3 is 2.53 bits per heavy atom. The van der Waals surface area contributed by atoms with Crippen LogP contribution >= 0.6 is 12.2 Å². The summed E-state index contributed by atoms with van der Waals surface area (Å²) in [6, 6.07) is 18.4. The van der Waals surface area contributed by atoms with Crippen molar-refractivity contribution < 1.29 is 18.7 Å². The molecule has 0 saturated heterocycles. The first-order valence-electron chi connectivity index (χ1n) is 10.7. The third kappa shape index (κ3) is 5.02. The van der Waals surface area contributed by atoms with E-state index in [1.165, 1.54) is 19.8 Å². The quantitative estimate of drug-likeness (QED) is 0.343. The third-order valence-corrected chi connectivity index (χ3v) is 5.52. The van der Waals surface area contributed by atoms with Gasteiger partial charge in [0.05, 0.1) is 14.2 Å². The molecule has 0 aliphatic carbocycles. The van der Waals surface area contributed by atoms with Crippen molar-refractivity contribution in [2.24, 2.45) is 0 Å². The molecule has 4 rings (SSSR count). The van der Waals surface area contributed by atoms with Gasteiger partial charge < -0.3 is 19.2 Å². The van der Waals surface area contributed by atoms with Gasteiger partial charge in [-0.25, -0.2) is 4.98 Å². The number of aromatic nitrogens is 1. The lowest BCUT2D eigenvalue weighted by molar-refractivity contribution is 0.0977. The summed E-state index contributed by atoms with van der Waals surface area (Å²) in [6.07, 6.45) is 0. The Morgan fingerprint density at radius 2 is 1.79 bits per heavy atom. The Morgan fingerprint density at radius 1 is 1.00 bits per heavy atom. The van der Waals surface area contributed by atoms with Crippen LogP contribution in [0, 0.1) is 0 Å². The van der Waals surface area contributed by atoms with Crippen molar-refractivity contribution in [3.05, 3.63) is 71.8 Å². The summed E-state index contributed by atoms with van der Waals surface area (Å²) < 4.78 is 16.4. The number of oxazole rings is 1. The number of nitrogens with one attached hydrogen (secondary N) is 2. The second-order valence-corrected chi connectivity index (χ2v) is 8.37. The number of anilines is 1. The van der Waals surface area contributed by atoms with Crippen molar-refractivity contribution in [1.82, 2.24) is 10.3 Å². The molecule has 4 aromatic rings. The highest BCUT2D eigenvalue weighted by Gasteiger charge is 2.14. The van der Waals surface area contributed by atoms with Gasteiger partial charge in [-0.15, -0.1) is 0 Å². The van der Waals surface area contributed by atoms with Crippen LogP contribution in [-0.2, 0) is 0 Å². The summed E-state index contributed by atoms with van der Waals surface area (Å²) in [7, 11) is 3.05. The van der Waals surface area contributed by atoms with Crippen molar-refractivity contribution in [1.29, 1.82) is 0 Å². The molecule has 0 atom stereocenters. The van der Waals surface area contributed by atoms with E-state index < -0.39 is 0 Å². The van der Waals surface area contributed by atoms with Crippen molar-refractivity contribution in [3.63, 3.8) is 0 Å². The number of hydrogen-bond acceptors (Lipinski definition) is 6. The van der Waals surface area contributed by atoms with Crippen LogP contribution in [0.25, 0.3) is 22.6 Å². The van der Waals surface area contributed by atoms with E-state index in [0.717, 1.165) is 16.7 Å². The number of methoxy groups -OCH3 is 2. The molecule has 0 unspecified atom stereocenters. The minimum absolute atomic E-state index is 0.163. The lowest BCUT2D eigenvalue weighted by Crippen LogP contribution is -2.34. The van der Waals surface area contributed by atoms with Crippen molar-refractivity contribution >= 4 is 40.0 Å². The van der Waals surface area contributed by atoms with Gasteiger partial charge >= 0.3 is 0 Å². The maximum atomic E-state index is 12.6. The van der Waals surface area contributed by atoms with E-state index >= 15 is 0 Å². The molecule has 3 aromatic carbocycles. The fraction of sp³-hybridized carbons (Fsp3) is 0.192. The lowest BCUT2D eigenvalue weighted by atomic mass is 10.0. The smallest absolute Gasteiger partial charge is 0.257 e.